The van der Waals surface area contributed by atoms with Crippen LogP contribution in [0.25, 0.3) is 10.9 Å². The van der Waals surface area contributed by atoms with E-state index in [9.17, 15) is 14.9 Å². The Morgan fingerprint density at radius 1 is 1.22 bits per heavy atom. The van der Waals surface area contributed by atoms with Crippen molar-refractivity contribution < 1.29 is 9.72 Å². The van der Waals surface area contributed by atoms with Crippen molar-refractivity contribution in [2.45, 2.75) is 13.3 Å². The number of rotatable bonds is 3. The zero-order valence-corrected chi connectivity index (χ0v) is 12.9. The molecule has 0 saturated carbocycles. The van der Waals surface area contributed by atoms with Crippen LogP contribution in [-0.2, 0) is 4.79 Å². The first kappa shape index (κ1) is 15.2. The number of piperazine rings is 1. The van der Waals surface area contributed by atoms with Crippen LogP contribution in [0.1, 0.15) is 13.3 Å². The van der Waals surface area contributed by atoms with Gasteiger partial charge in [0, 0.05) is 50.1 Å². The molecule has 1 aliphatic heterocycles. The van der Waals surface area contributed by atoms with Gasteiger partial charge in [-0.25, -0.2) is 4.98 Å². The van der Waals surface area contributed by atoms with Crippen LogP contribution in [0.5, 0.6) is 0 Å². The molecule has 1 aromatic heterocycles. The Morgan fingerprint density at radius 2 is 1.96 bits per heavy atom. The summed E-state index contributed by atoms with van der Waals surface area (Å²) in [6.45, 7) is 4.77. The average Bonchev–Trinajstić information content (AvgIpc) is 2.60. The summed E-state index contributed by atoms with van der Waals surface area (Å²) in [6, 6.07) is 8.41. The molecule has 23 heavy (non-hydrogen) atoms. The number of hydrogen-bond acceptors (Lipinski definition) is 5. The SMILES string of the molecule is CCC(=O)N1CCN(c2ccc3cc([N+](=O)[O-])ccc3n2)CC1. The topological polar surface area (TPSA) is 79.6 Å². The molecule has 0 atom stereocenters. The third kappa shape index (κ3) is 3.08. The van der Waals surface area contributed by atoms with E-state index in [4.69, 9.17) is 0 Å². The standard InChI is InChI=1S/C16H18N4O3/c1-2-16(21)19-9-7-18(8-10-19)15-6-3-12-11-13(20(22)23)4-5-14(12)17-15/h3-6,11H,2,7-10H2,1H3. The van der Waals surface area contributed by atoms with E-state index >= 15 is 0 Å². The molecule has 1 fully saturated rings. The monoisotopic (exact) mass is 314 g/mol. The average molecular weight is 314 g/mol. The van der Waals surface area contributed by atoms with Gasteiger partial charge in [0.1, 0.15) is 5.82 Å². The van der Waals surface area contributed by atoms with Crippen molar-refractivity contribution in [3.8, 4) is 0 Å². The summed E-state index contributed by atoms with van der Waals surface area (Å²) < 4.78 is 0. The maximum absolute atomic E-state index is 11.7. The van der Waals surface area contributed by atoms with Gasteiger partial charge in [-0.15, -0.1) is 0 Å². The number of aromatic nitrogens is 1. The minimum Gasteiger partial charge on any atom is -0.353 e. The number of anilines is 1. The van der Waals surface area contributed by atoms with E-state index in [1.54, 1.807) is 6.07 Å². The number of non-ortho nitro benzene ring substituents is 1. The Hall–Kier alpha value is -2.70. The molecule has 0 N–H and O–H groups in total. The number of fused-ring (bicyclic) bond motifs is 1. The minimum absolute atomic E-state index is 0.0683. The smallest absolute Gasteiger partial charge is 0.270 e. The van der Waals surface area contributed by atoms with Gasteiger partial charge in [0.25, 0.3) is 5.69 Å². The van der Waals surface area contributed by atoms with E-state index in [1.165, 1.54) is 12.1 Å². The van der Waals surface area contributed by atoms with Crippen LogP contribution in [-0.4, -0.2) is 46.9 Å². The Balaban J connectivity index is 1.78. The highest BCUT2D eigenvalue weighted by molar-refractivity contribution is 5.82. The maximum Gasteiger partial charge on any atom is 0.270 e. The van der Waals surface area contributed by atoms with E-state index in [1.807, 2.05) is 24.0 Å². The van der Waals surface area contributed by atoms with Gasteiger partial charge in [-0.1, -0.05) is 6.92 Å². The summed E-state index contributed by atoms with van der Waals surface area (Å²) in [5.41, 5.74) is 0.805. The summed E-state index contributed by atoms with van der Waals surface area (Å²) in [4.78, 5) is 30.7. The first-order valence-electron chi connectivity index (χ1n) is 7.66. The summed E-state index contributed by atoms with van der Waals surface area (Å²) >= 11 is 0. The molecular formula is C16H18N4O3. The van der Waals surface area contributed by atoms with Crippen molar-refractivity contribution in [3.63, 3.8) is 0 Å². The zero-order chi connectivity index (χ0) is 16.4. The number of amides is 1. The van der Waals surface area contributed by atoms with Crippen LogP contribution in [0.4, 0.5) is 11.5 Å². The van der Waals surface area contributed by atoms with Crippen molar-refractivity contribution in [2.75, 3.05) is 31.1 Å². The van der Waals surface area contributed by atoms with Gasteiger partial charge >= 0.3 is 0 Å². The van der Waals surface area contributed by atoms with Crippen molar-refractivity contribution >= 4 is 28.3 Å². The highest BCUT2D eigenvalue weighted by Crippen LogP contribution is 2.23. The molecule has 1 aliphatic rings. The molecule has 2 heterocycles. The summed E-state index contributed by atoms with van der Waals surface area (Å²) in [6.07, 6.45) is 0.535. The van der Waals surface area contributed by atoms with Crippen molar-refractivity contribution in [2.24, 2.45) is 0 Å². The normalized spacial score (nSPS) is 15.0. The first-order valence-corrected chi connectivity index (χ1v) is 7.66. The fourth-order valence-electron chi connectivity index (χ4n) is 2.80. The third-order valence-electron chi connectivity index (χ3n) is 4.13. The van der Waals surface area contributed by atoms with Gasteiger partial charge in [-0.05, 0) is 18.2 Å². The molecule has 0 spiro atoms. The molecule has 0 unspecified atom stereocenters. The first-order chi connectivity index (χ1) is 11.1. The predicted molar refractivity (Wildman–Crippen MR) is 87.5 cm³/mol. The largest absolute Gasteiger partial charge is 0.353 e. The maximum atomic E-state index is 11.7. The lowest BCUT2D eigenvalue weighted by atomic mass is 10.2. The van der Waals surface area contributed by atoms with Gasteiger partial charge in [-0.2, -0.15) is 0 Å². The van der Waals surface area contributed by atoms with Crippen LogP contribution in [0.15, 0.2) is 30.3 Å². The molecule has 2 aromatic rings. The predicted octanol–water partition coefficient (Wildman–Crippen LogP) is 2.20. The summed E-state index contributed by atoms with van der Waals surface area (Å²) in [7, 11) is 0. The van der Waals surface area contributed by atoms with Crippen LogP contribution < -0.4 is 4.90 Å². The van der Waals surface area contributed by atoms with Gasteiger partial charge in [0.2, 0.25) is 5.91 Å². The molecule has 0 aliphatic carbocycles. The third-order valence-corrected chi connectivity index (χ3v) is 4.13. The second-order valence-corrected chi connectivity index (χ2v) is 5.52. The number of carbonyl (C=O) groups excluding carboxylic acids is 1. The molecule has 1 saturated heterocycles. The second kappa shape index (κ2) is 6.20. The second-order valence-electron chi connectivity index (χ2n) is 5.52. The van der Waals surface area contributed by atoms with Crippen LogP contribution in [0.3, 0.4) is 0 Å². The molecule has 7 nitrogen and oxygen atoms in total. The lowest BCUT2D eigenvalue weighted by Crippen LogP contribution is -2.48. The molecule has 120 valence electrons. The van der Waals surface area contributed by atoms with E-state index in [0.29, 0.717) is 19.5 Å². The minimum atomic E-state index is -0.405. The summed E-state index contributed by atoms with van der Waals surface area (Å²) in [5.74, 6) is 1.03. The van der Waals surface area contributed by atoms with E-state index in [2.05, 4.69) is 9.88 Å². The van der Waals surface area contributed by atoms with Gasteiger partial charge in [0.05, 0.1) is 10.4 Å². The van der Waals surface area contributed by atoms with E-state index in [0.717, 1.165) is 29.8 Å². The quantitative estimate of drug-likeness (QED) is 0.641. The Morgan fingerprint density at radius 3 is 2.61 bits per heavy atom. The van der Waals surface area contributed by atoms with Crippen LogP contribution >= 0.6 is 0 Å². The number of hydrogen-bond donors (Lipinski definition) is 0. The number of nitrogens with zero attached hydrogens (tertiary/aromatic N) is 4. The van der Waals surface area contributed by atoms with Crippen LogP contribution in [0, 0.1) is 10.1 Å². The lowest BCUT2D eigenvalue weighted by Gasteiger charge is -2.35. The van der Waals surface area contributed by atoms with E-state index in [-0.39, 0.29) is 11.6 Å². The van der Waals surface area contributed by atoms with E-state index < -0.39 is 4.92 Å². The van der Waals surface area contributed by atoms with Crippen LogP contribution in [0.2, 0.25) is 0 Å². The van der Waals surface area contributed by atoms with Gasteiger partial charge in [-0.3, -0.25) is 14.9 Å². The fourth-order valence-corrected chi connectivity index (χ4v) is 2.80. The Bertz CT molecular complexity index is 754. The number of nitro groups is 1. The number of carbonyl (C=O) groups is 1. The molecule has 7 heteroatoms. The molecule has 0 bridgehead atoms. The Labute approximate surface area is 133 Å². The number of pyridine rings is 1. The Kier molecular flexibility index (Phi) is 4.10. The molecule has 1 amide bonds. The highest BCUT2D eigenvalue weighted by Gasteiger charge is 2.21. The van der Waals surface area contributed by atoms with Crippen molar-refractivity contribution in [1.82, 2.24) is 9.88 Å². The molecule has 0 radical (unpaired) electrons. The van der Waals surface area contributed by atoms with Crippen molar-refractivity contribution in [3.05, 3.63) is 40.4 Å². The molecular weight excluding hydrogens is 296 g/mol. The fraction of sp³-hybridized carbons (Fsp3) is 0.375. The summed E-state index contributed by atoms with van der Waals surface area (Å²) in [5, 5.41) is 11.6. The molecule has 3 rings (SSSR count). The molecule has 1 aromatic carbocycles. The number of nitro benzene ring substituents is 1. The lowest BCUT2D eigenvalue weighted by molar-refractivity contribution is -0.384. The van der Waals surface area contributed by atoms with Gasteiger partial charge in [0.15, 0.2) is 0 Å². The van der Waals surface area contributed by atoms with Gasteiger partial charge < -0.3 is 9.80 Å². The highest BCUT2D eigenvalue weighted by atomic mass is 16.6. The van der Waals surface area contributed by atoms with Crippen molar-refractivity contribution in [1.29, 1.82) is 0 Å². The number of benzene rings is 1. The zero-order valence-electron chi connectivity index (χ0n) is 12.9.